The molecule has 0 aliphatic carbocycles. The van der Waals surface area contributed by atoms with E-state index in [-0.39, 0.29) is 12.5 Å². The number of nitrogens with zero attached hydrogens (tertiary/aromatic N) is 2. The molecule has 7 nitrogen and oxygen atoms in total. The quantitative estimate of drug-likeness (QED) is 0.425. The van der Waals surface area contributed by atoms with E-state index in [9.17, 15) is 4.79 Å². The number of guanidine groups is 1. The maximum Gasteiger partial charge on any atom is 0.239 e. The lowest BCUT2D eigenvalue weighted by atomic mass is 10.1. The highest BCUT2D eigenvalue weighted by Gasteiger charge is 2.08. The van der Waals surface area contributed by atoms with Crippen LogP contribution in [0.2, 0.25) is 0 Å². The number of amides is 1. The Morgan fingerprint density at radius 2 is 1.76 bits per heavy atom. The maximum absolute atomic E-state index is 12.0. The van der Waals surface area contributed by atoms with E-state index in [0.29, 0.717) is 24.9 Å². The van der Waals surface area contributed by atoms with Crippen LogP contribution in [0.5, 0.6) is 0 Å². The van der Waals surface area contributed by atoms with Crippen molar-refractivity contribution in [2.45, 2.75) is 20.0 Å². The lowest BCUT2D eigenvalue weighted by Crippen LogP contribution is -2.42. The van der Waals surface area contributed by atoms with Gasteiger partial charge in [-0.15, -0.1) is 0 Å². The van der Waals surface area contributed by atoms with Crippen LogP contribution in [0.4, 0.5) is 0 Å². The topological polar surface area (TPSA) is 91.5 Å². The molecule has 3 aromatic rings. The number of nitrogens with one attached hydrogen (secondary N) is 3. The minimum Gasteiger partial charge on any atom is -0.444 e. The fourth-order valence-electron chi connectivity index (χ4n) is 2.63. The minimum atomic E-state index is -0.111. The number of hydrogen-bond acceptors (Lipinski definition) is 4. The molecule has 150 valence electrons. The third-order valence-corrected chi connectivity index (χ3v) is 4.26. The summed E-state index contributed by atoms with van der Waals surface area (Å²) in [6, 6.07) is 17.8. The zero-order valence-corrected chi connectivity index (χ0v) is 16.6. The highest BCUT2D eigenvalue weighted by atomic mass is 16.3. The molecule has 3 N–H and O–H groups in total. The molecular weight excluding hydrogens is 366 g/mol. The number of aliphatic imine (C=N–C) groups is 1. The van der Waals surface area contributed by atoms with Gasteiger partial charge >= 0.3 is 0 Å². The number of oxazole rings is 1. The van der Waals surface area contributed by atoms with Gasteiger partial charge in [0.25, 0.3) is 0 Å². The Bertz CT molecular complexity index is 949. The third kappa shape index (κ3) is 6.21. The van der Waals surface area contributed by atoms with Crippen molar-refractivity contribution in [3.8, 4) is 11.5 Å². The molecule has 1 aromatic heterocycles. The molecule has 1 heterocycles. The van der Waals surface area contributed by atoms with Crippen molar-refractivity contribution in [3.63, 3.8) is 0 Å². The Hall–Kier alpha value is -3.61. The summed E-state index contributed by atoms with van der Waals surface area (Å²) < 4.78 is 5.55. The van der Waals surface area contributed by atoms with Crippen molar-refractivity contribution < 1.29 is 9.21 Å². The molecule has 0 saturated heterocycles. The van der Waals surface area contributed by atoms with Crippen LogP contribution in [0.3, 0.4) is 0 Å². The summed E-state index contributed by atoms with van der Waals surface area (Å²) in [5, 5.41) is 8.98. The van der Waals surface area contributed by atoms with Gasteiger partial charge < -0.3 is 20.4 Å². The van der Waals surface area contributed by atoms with Crippen LogP contribution in [-0.2, 0) is 17.9 Å². The lowest BCUT2D eigenvalue weighted by molar-refractivity contribution is -0.120. The van der Waals surface area contributed by atoms with Crippen LogP contribution in [0.25, 0.3) is 11.5 Å². The summed E-state index contributed by atoms with van der Waals surface area (Å²) in [6.45, 7) is 3.09. The molecule has 0 radical (unpaired) electrons. The summed E-state index contributed by atoms with van der Waals surface area (Å²) >= 11 is 0. The summed E-state index contributed by atoms with van der Waals surface area (Å²) in [4.78, 5) is 20.6. The molecule has 29 heavy (non-hydrogen) atoms. The van der Waals surface area contributed by atoms with E-state index in [4.69, 9.17) is 4.42 Å². The molecule has 2 aromatic carbocycles. The first kappa shape index (κ1) is 20.1. The summed E-state index contributed by atoms with van der Waals surface area (Å²) in [5.74, 6) is 0.977. The second-order valence-corrected chi connectivity index (χ2v) is 6.55. The monoisotopic (exact) mass is 391 g/mol. The zero-order chi connectivity index (χ0) is 20.5. The molecule has 0 spiro atoms. The number of carbonyl (C=O) groups excluding carboxylic acids is 1. The Balaban J connectivity index is 1.43. The van der Waals surface area contributed by atoms with Gasteiger partial charge in [-0.25, -0.2) is 4.98 Å². The second-order valence-electron chi connectivity index (χ2n) is 6.55. The summed E-state index contributed by atoms with van der Waals surface area (Å²) in [7, 11) is 1.65. The van der Waals surface area contributed by atoms with Gasteiger partial charge in [0.1, 0.15) is 6.26 Å². The lowest BCUT2D eigenvalue weighted by Gasteiger charge is -2.11. The zero-order valence-electron chi connectivity index (χ0n) is 16.6. The van der Waals surface area contributed by atoms with E-state index < -0.39 is 0 Å². The average molecular weight is 391 g/mol. The summed E-state index contributed by atoms with van der Waals surface area (Å²) in [5.41, 5.74) is 3.92. The van der Waals surface area contributed by atoms with Gasteiger partial charge in [-0.1, -0.05) is 48.0 Å². The van der Waals surface area contributed by atoms with Gasteiger partial charge in [-0.3, -0.25) is 9.79 Å². The standard InChI is InChI=1S/C22H25N5O2/c1-16-8-10-18(11-9-16)21-27-19(15-29-21)13-25-22(23-2)26-14-20(28)24-12-17-6-4-3-5-7-17/h3-11,15H,12-14H2,1-2H3,(H,24,28)(H2,23,25,26). The molecule has 0 bridgehead atoms. The smallest absolute Gasteiger partial charge is 0.239 e. The predicted octanol–water partition coefficient (Wildman–Crippen LogP) is 2.63. The largest absolute Gasteiger partial charge is 0.444 e. The number of aromatic nitrogens is 1. The highest BCUT2D eigenvalue weighted by molar-refractivity contribution is 5.86. The van der Waals surface area contributed by atoms with Gasteiger partial charge in [0.2, 0.25) is 11.8 Å². The van der Waals surface area contributed by atoms with Gasteiger partial charge in [0, 0.05) is 19.2 Å². The van der Waals surface area contributed by atoms with Crippen molar-refractivity contribution >= 4 is 11.9 Å². The normalized spacial score (nSPS) is 11.2. The number of rotatable bonds is 7. The van der Waals surface area contributed by atoms with Crippen molar-refractivity contribution in [2.24, 2.45) is 4.99 Å². The summed E-state index contributed by atoms with van der Waals surface area (Å²) in [6.07, 6.45) is 1.61. The van der Waals surface area contributed by atoms with Crippen LogP contribution in [0.1, 0.15) is 16.8 Å². The Morgan fingerprint density at radius 3 is 2.48 bits per heavy atom. The van der Waals surface area contributed by atoms with Crippen LogP contribution < -0.4 is 16.0 Å². The Kier molecular flexibility index (Phi) is 7.00. The minimum absolute atomic E-state index is 0.111. The van der Waals surface area contributed by atoms with Gasteiger partial charge in [0.05, 0.1) is 18.8 Å². The van der Waals surface area contributed by atoms with E-state index in [1.807, 2.05) is 61.5 Å². The Labute approximate surface area is 170 Å². The molecule has 0 aliphatic rings. The molecule has 0 fully saturated rings. The fourth-order valence-corrected chi connectivity index (χ4v) is 2.63. The first-order valence-electron chi connectivity index (χ1n) is 9.40. The molecule has 3 rings (SSSR count). The number of aryl methyl sites for hydroxylation is 1. The van der Waals surface area contributed by atoms with Crippen molar-refractivity contribution in [3.05, 3.63) is 77.7 Å². The maximum atomic E-state index is 12.0. The van der Waals surface area contributed by atoms with Gasteiger partial charge in [-0.05, 0) is 24.6 Å². The van der Waals surface area contributed by atoms with E-state index >= 15 is 0 Å². The second kappa shape index (κ2) is 10.1. The van der Waals surface area contributed by atoms with Crippen molar-refractivity contribution in [2.75, 3.05) is 13.6 Å². The first-order chi connectivity index (χ1) is 14.1. The number of carbonyl (C=O) groups is 1. The van der Waals surface area contributed by atoms with E-state index in [2.05, 4.69) is 25.9 Å². The molecule has 0 aliphatic heterocycles. The first-order valence-corrected chi connectivity index (χ1v) is 9.40. The van der Waals surface area contributed by atoms with E-state index in [1.54, 1.807) is 13.3 Å². The fraction of sp³-hybridized carbons (Fsp3) is 0.227. The molecule has 1 amide bonds. The van der Waals surface area contributed by atoms with Crippen LogP contribution in [0, 0.1) is 6.92 Å². The molecule has 0 unspecified atom stereocenters. The van der Waals surface area contributed by atoms with E-state index in [1.165, 1.54) is 5.56 Å². The average Bonchev–Trinajstić information content (AvgIpc) is 3.22. The molecular formula is C22H25N5O2. The predicted molar refractivity (Wildman–Crippen MR) is 113 cm³/mol. The third-order valence-electron chi connectivity index (χ3n) is 4.26. The van der Waals surface area contributed by atoms with Crippen LogP contribution in [0.15, 0.2) is 70.3 Å². The van der Waals surface area contributed by atoms with Crippen molar-refractivity contribution in [1.82, 2.24) is 20.9 Å². The number of benzene rings is 2. The highest BCUT2D eigenvalue weighted by Crippen LogP contribution is 2.18. The van der Waals surface area contributed by atoms with Gasteiger partial charge in [0.15, 0.2) is 5.96 Å². The SMILES string of the molecule is CN=C(NCC(=O)NCc1ccccc1)NCc1coc(-c2ccc(C)cc2)n1. The van der Waals surface area contributed by atoms with Crippen LogP contribution in [-0.4, -0.2) is 30.4 Å². The molecule has 0 saturated carbocycles. The van der Waals surface area contributed by atoms with E-state index in [0.717, 1.165) is 16.8 Å². The number of hydrogen-bond donors (Lipinski definition) is 3. The molecule has 7 heteroatoms. The Morgan fingerprint density at radius 1 is 1.00 bits per heavy atom. The van der Waals surface area contributed by atoms with Gasteiger partial charge in [-0.2, -0.15) is 0 Å². The van der Waals surface area contributed by atoms with Crippen molar-refractivity contribution in [1.29, 1.82) is 0 Å². The van der Waals surface area contributed by atoms with Crippen LogP contribution >= 0.6 is 0 Å². The molecule has 0 atom stereocenters.